The van der Waals surface area contributed by atoms with Crippen molar-refractivity contribution in [1.29, 1.82) is 0 Å². The monoisotopic (exact) mass is 369 g/mol. The van der Waals surface area contributed by atoms with E-state index in [1.165, 1.54) is 12.0 Å². The van der Waals surface area contributed by atoms with Crippen LogP contribution in [0.3, 0.4) is 0 Å². The molecule has 1 unspecified atom stereocenters. The van der Waals surface area contributed by atoms with Crippen molar-refractivity contribution in [1.82, 2.24) is 15.2 Å². The molecule has 1 aliphatic heterocycles. The molecule has 0 bridgehead atoms. The van der Waals surface area contributed by atoms with E-state index >= 15 is 0 Å². The molecule has 5 nitrogen and oxygen atoms in total. The van der Waals surface area contributed by atoms with Crippen molar-refractivity contribution in [2.45, 2.75) is 64.3 Å². The summed E-state index contributed by atoms with van der Waals surface area (Å²) in [5.74, 6) is 0.780. The number of nitrogens with zero attached hydrogens (tertiary/aromatic N) is 2. The van der Waals surface area contributed by atoms with Crippen molar-refractivity contribution in [3.05, 3.63) is 41.7 Å². The first-order chi connectivity index (χ1) is 12.9. The molecule has 1 saturated carbocycles. The van der Waals surface area contributed by atoms with Gasteiger partial charge < -0.3 is 10.2 Å². The molecule has 1 N–H and O–H groups in total. The molecule has 2 aliphatic rings. The third kappa shape index (κ3) is 4.57. The van der Waals surface area contributed by atoms with E-state index in [-0.39, 0.29) is 17.9 Å². The van der Waals surface area contributed by atoms with Crippen molar-refractivity contribution in [3.8, 4) is 0 Å². The van der Waals surface area contributed by atoms with Gasteiger partial charge in [0.15, 0.2) is 0 Å². The zero-order valence-electron chi connectivity index (χ0n) is 16.7. The summed E-state index contributed by atoms with van der Waals surface area (Å²) in [5, 5.41) is 3.02. The van der Waals surface area contributed by atoms with Crippen molar-refractivity contribution in [3.63, 3.8) is 0 Å². The average Bonchev–Trinajstić information content (AvgIpc) is 3.28. The lowest BCUT2D eigenvalue weighted by atomic mass is 9.83. The van der Waals surface area contributed by atoms with E-state index in [1.54, 1.807) is 18.5 Å². The number of allylic oxidation sites excluding steroid dienone is 1. The number of nitrogens with one attached hydrogen (secondary N) is 1. The quantitative estimate of drug-likeness (QED) is 0.811. The van der Waals surface area contributed by atoms with Crippen molar-refractivity contribution in [2.75, 3.05) is 13.1 Å². The van der Waals surface area contributed by atoms with Gasteiger partial charge in [0.2, 0.25) is 11.8 Å². The molecular formula is C22H31N3O2. The molecule has 5 heteroatoms. The SMILES string of the molecule is CC1CC/C(=C\C(=O)NC[C@H]2CCCN2C(=O)C(C)(C)c2ccncc2)C1. The van der Waals surface area contributed by atoms with Gasteiger partial charge in [0.05, 0.1) is 5.41 Å². The molecule has 2 heterocycles. The first-order valence-corrected chi connectivity index (χ1v) is 10.1. The number of carbonyl (C=O) groups excluding carboxylic acids is 2. The van der Waals surface area contributed by atoms with E-state index in [0.29, 0.717) is 12.5 Å². The van der Waals surface area contributed by atoms with Crippen LogP contribution in [0, 0.1) is 5.92 Å². The summed E-state index contributed by atoms with van der Waals surface area (Å²) in [6.45, 7) is 7.43. The molecular weight excluding hydrogens is 338 g/mol. The number of amides is 2. The molecule has 146 valence electrons. The van der Waals surface area contributed by atoms with Gasteiger partial charge in [-0.3, -0.25) is 14.6 Å². The number of hydrogen-bond donors (Lipinski definition) is 1. The molecule has 1 saturated heterocycles. The molecule has 1 aromatic heterocycles. The first kappa shape index (κ1) is 19.6. The van der Waals surface area contributed by atoms with Crippen LogP contribution in [0.15, 0.2) is 36.2 Å². The second kappa shape index (κ2) is 8.24. The minimum absolute atomic E-state index is 0.0215. The van der Waals surface area contributed by atoms with Gasteiger partial charge in [-0.1, -0.05) is 12.5 Å². The van der Waals surface area contributed by atoms with Crippen molar-refractivity contribution in [2.24, 2.45) is 5.92 Å². The number of rotatable bonds is 5. The van der Waals surface area contributed by atoms with Crippen LogP contribution in [0.5, 0.6) is 0 Å². The van der Waals surface area contributed by atoms with Gasteiger partial charge in [-0.2, -0.15) is 0 Å². The van der Waals surface area contributed by atoms with Crippen LogP contribution >= 0.6 is 0 Å². The zero-order valence-corrected chi connectivity index (χ0v) is 16.7. The van der Waals surface area contributed by atoms with Crippen LogP contribution in [0.25, 0.3) is 0 Å². The molecule has 3 rings (SSSR count). The number of hydrogen-bond acceptors (Lipinski definition) is 3. The second-order valence-electron chi connectivity index (χ2n) is 8.55. The lowest BCUT2D eigenvalue weighted by Gasteiger charge is -2.33. The Hall–Kier alpha value is -2.17. The predicted octanol–water partition coefficient (Wildman–Crippen LogP) is 3.21. The van der Waals surface area contributed by atoms with Gasteiger partial charge in [0.25, 0.3) is 0 Å². The van der Waals surface area contributed by atoms with E-state index in [9.17, 15) is 9.59 Å². The molecule has 2 amide bonds. The minimum atomic E-state index is -0.600. The Morgan fingerprint density at radius 3 is 2.70 bits per heavy atom. The Morgan fingerprint density at radius 2 is 2.04 bits per heavy atom. The summed E-state index contributed by atoms with van der Waals surface area (Å²) in [4.78, 5) is 31.5. The minimum Gasteiger partial charge on any atom is -0.350 e. The third-order valence-corrected chi connectivity index (χ3v) is 5.99. The summed E-state index contributed by atoms with van der Waals surface area (Å²) in [6, 6.07) is 3.88. The third-order valence-electron chi connectivity index (χ3n) is 5.99. The van der Waals surface area contributed by atoms with E-state index < -0.39 is 5.41 Å². The van der Waals surface area contributed by atoms with E-state index in [2.05, 4.69) is 17.2 Å². The Kier molecular flexibility index (Phi) is 5.98. The maximum atomic E-state index is 13.2. The fourth-order valence-electron chi connectivity index (χ4n) is 4.24. The molecule has 2 atom stereocenters. The maximum absolute atomic E-state index is 13.2. The standard InChI is InChI=1S/C22H31N3O2/c1-16-6-7-17(13-16)14-20(26)24-15-19-5-4-12-25(19)21(27)22(2,3)18-8-10-23-11-9-18/h8-11,14,16,19H,4-7,12-13,15H2,1-3H3,(H,24,26)/b17-14+/t16?,19-/m1/s1. The highest BCUT2D eigenvalue weighted by molar-refractivity contribution is 5.89. The van der Waals surface area contributed by atoms with Crippen LogP contribution < -0.4 is 5.32 Å². The molecule has 1 aromatic rings. The topological polar surface area (TPSA) is 62.3 Å². The Bertz CT molecular complexity index is 712. The largest absolute Gasteiger partial charge is 0.350 e. The highest BCUT2D eigenvalue weighted by atomic mass is 16.2. The molecule has 0 aromatic carbocycles. The highest BCUT2D eigenvalue weighted by Crippen LogP contribution is 2.30. The molecule has 2 fully saturated rings. The lowest BCUT2D eigenvalue weighted by molar-refractivity contribution is -0.137. The van der Waals surface area contributed by atoms with Crippen LogP contribution in [0.1, 0.15) is 58.4 Å². The Labute approximate surface area is 162 Å². The number of carbonyl (C=O) groups is 2. The van der Waals surface area contributed by atoms with Gasteiger partial charge in [-0.15, -0.1) is 0 Å². The van der Waals surface area contributed by atoms with Crippen LogP contribution in [0.2, 0.25) is 0 Å². The van der Waals surface area contributed by atoms with Crippen LogP contribution in [-0.2, 0) is 15.0 Å². The van der Waals surface area contributed by atoms with Crippen molar-refractivity contribution >= 4 is 11.8 Å². The fourth-order valence-corrected chi connectivity index (χ4v) is 4.24. The predicted molar refractivity (Wildman–Crippen MR) is 106 cm³/mol. The van der Waals surface area contributed by atoms with Gasteiger partial charge >= 0.3 is 0 Å². The summed E-state index contributed by atoms with van der Waals surface area (Å²) in [6.07, 6.45) is 10.4. The molecule has 0 spiro atoms. The maximum Gasteiger partial charge on any atom is 0.244 e. The second-order valence-corrected chi connectivity index (χ2v) is 8.55. The summed E-state index contributed by atoms with van der Waals surface area (Å²) >= 11 is 0. The van der Waals surface area contributed by atoms with Crippen molar-refractivity contribution < 1.29 is 9.59 Å². The van der Waals surface area contributed by atoms with Crippen LogP contribution in [0.4, 0.5) is 0 Å². The number of aromatic nitrogens is 1. The smallest absolute Gasteiger partial charge is 0.244 e. The average molecular weight is 370 g/mol. The summed E-state index contributed by atoms with van der Waals surface area (Å²) < 4.78 is 0. The summed E-state index contributed by atoms with van der Waals surface area (Å²) in [5.41, 5.74) is 1.62. The number of likely N-dealkylation sites (tertiary alicyclic amines) is 1. The van der Waals surface area contributed by atoms with Gasteiger partial charge in [0, 0.05) is 37.6 Å². The van der Waals surface area contributed by atoms with E-state index in [1.807, 2.05) is 30.9 Å². The Morgan fingerprint density at radius 1 is 1.30 bits per heavy atom. The van der Waals surface area contributed by atoms with E-state index in [0.717, 1.165) is 37.8 Å². The van der Waals surface area contributed by atoms with Crippen LogP contribution in [-0.4, -0.2) is 40.8 Å². The molecule has 0 radical (unpaired) electrons. The van der Waals surface area contributed by atoms with Gasteiger partial charge in [-0.25, -0.2) is 0 Å². The zero-order chi connectivity index (χ0) is 19.4. The number of pyridine rings is 1. The highest BCUT2D eigenvalue weighted by Gasteiger charge is 2.38. The fraction of sp³-hybridized carbons (Fsp3) is 0.591. The normalized spacial score (nSPS) is 24.4. The molecule has 27 heavy (non-hydrogen) atoms. The van der Waals surface area contributed by atoms with E-state index in [4.69, 9.17) is 0 Å². The first-order valence-electron chi connectivity index (χ1n) is 10.1. The Balaban J connectivity index is 1.60. The lowest BCUT2D eigenvalue weighted by Crippen LogP contribution is -2.49. The molecule has 1 aliphatic carbocycles. The van der Waals surface area contributed by atoms with Gasteiger partial charge in [0.1, 0.15) is 0 Å². The summed E-state index contributed by atoms with van der Waals surface area (Å²) in [7, 11) is 0. The van der Waals surface area contributed by atoms with Gasteiger partial charge in [-0.05, 0) is 69.6 Å².